The molecule has 1 fully saturated rings. The maximum Gasteiger partial charge on any atom is 0.246 e. The number of likely N-dealkylation sites (tertiary alicyclic amines) is 1. The first-order valence-electron chi connectivity index (χ1n) is 9.43. The second kappa shape index (κ2) is 8.19. The quantitative estimate of drug-likeness (QED) is 0.698. The lowest BCUT2D eigenvalue weighted by atomic mass is 10.1. The summed E-state index contributed by atoms with van der Waals surface area (Å²) in [7, 11) is 0. The summed E-state index contributed by atoms with van der Waals surface area (Å²) in [6.07, 6.45) is 9.79. The summed E-state index contributed by atoms with van der Waals surface area (Å²) in [4.78, 5) is 18.4. The molecule has 3 heterocycles. The Balaban J connectivity index is 1.61. The van der Waals surface area contributed by atoms with E-state index in [9.17, 15) is 4.79 Å². The molecule has 0 bridgehead atoms. The molecule has 1 atom stereocenters. The van der Waals surface area contributed by atoms with Crippen LogP contribution in [0.2, 0.25) is 0 Å². The Hall–Kier alpha value is -3.25. The van der Waals surface area contributed by atoms with Crippen molar-refractivity contribution in [2.24, 2.45) is 5.73 Å². The number of hydrogen-bond donors (Lipinski definition) is 1. The standard InChI is InChI=1S/C22H23N5O/c23-20-10-12-26(16-20)21(28)9-8-19-15-27(14-17-5-2-1-3-6-17)25-22(19)18-7-4-11-24-13-18/h1-9,11,13,15,20H,10,12,14,16,23H2/b9-8+/t20-/m0/s1. The molecule has 4 rings (SSSR count). The molecule has 1 amide bonds. The van der Waals surface area contributed by atoms with Gasteiger partial charge in [0.25, 0.3) is 0 Å². The van der Waals surface area contributed by atoms with Gasteiger partial charge in [0.1, 0.15) is 5.69 Å². The number of amides is 1. The lowest BCUT2D eigenvalue weighted by Gasteiger charge is -2.12. The molecule has 1 saturated heterocycles. The van der Waals surface area contributed by atoms with Gasteiger partial charge in [-0.25, -0.2) is 0 Å². The van der Waals surface area contributed by atoms with Crippen LogP contribution in [0.15, 0.2) is 67.1 Å². The molecule has 2 N–H and O–H groups in total. The van der Waals surface area contributed by atoms with Crippen LogP contribution in [0.5, 0.6) is 0 Å². The average molecular weight is 373 g/mol. The molecule has 6 heteroatoms. The lowest BCUT2D eigenvalue weighted by molar-refractivity contribution is -0.124. The molecule has 0 aliphatic carbocycles. The Morgan fingerprint density at radius 2 is 2.07 bits per heavy atom. The van der Waals surface area contributed by atoms with E-state index in [0.29, 0.717) is 19.6 Å². The average Bonchev–Trinajstić information content (AvgIpc) is 3.34. The van der Waals surface area contributed by atoms with Crippen molar-refractivity contribution in [2.75, 3.05) is 13.1 Å². The third-order valence-corrected chi connectivity index (χ3v) is 4.85. The molecule has 0 saturated carbocycles. The zero-order valence-corrected chi connectivity index (χ0v) is 15.6. The Labute approximate surface area is 164 Å². The number of pyridine rings is 1. The van der Waals surface area contributed by atoms with E-state index in [1.54, 1.807) is 23.4 Å². The number of benzene rings is 1. The van der Waals surface area contributed by atoms with E-state index in [1.807, 2.05) is 47.3 Å². The van der Waals surface area contributed by atoms with E-state index in [1.165, 1.54) is 5.56 Å². The smallest absolute Gasteiger partial charge is 0.246 e. The Bertz CT molecular complexity index is 965. The molecule has 0 spiro atoms. The molecule has 0 radical (unpaired) electrons. The highest BCUT2D eigenvalue weighted by molar-refractivity contribution is 5.93. The summed E-state index contributed by atoms with van der Waals surface area (Å²) < 4.78 is 1.90. The van der Waals surface area contributed by atoms with Crippen LogP contribution in [0.25, 0.3) is 17.3 Å². The summed E-state index contributed by atoms with van der Waals surface area (Å²) in [5.74, 6) is -0.0131. The van der Waals surface area contributed by atoms with E-state index in [4.69, 9.17) is 10.8 Å². The van der Waals surface area contributed by atoms with E-state index in [2.05, 4.69) is 17.1 Å². The first-order valence-corrected chi connectivity index (χ1v) is 9.43. The fourth-order valence-corrected chi connectivity index (χ4v) is 3.39. The number of hydrogen-bond acceptors (Lipinski definition) is 4. The summed E-state index contributed by atoms with van der Waals surface area (Å²) in [5, 5.41) is 4.74. The van der Waals surface area contributed by atoms with Crippen LogP contribution in [-0.2, 0) is 11.3 Å². The monoisotopic (exact) mass is 373 g/mol. The van der Waals surface area contributed by atoms with Crippen LogP contribution in [0, 0.1) is 0 Å². The maximum absolute atomic E-state index is 12.5. The fourth-order valence-electron chi connectivity index (χ4n) is 3.39. The normalized spacial score (nSPS) is 16.8. The predicted octanol–water partition coefficient (Wildman–Crippen LogP) is 2.57. The minimum Gasteiger partial charge on any atom is -0.338 e. The molecule has 6 nitrogen and oxygen atoms in total. The van der Waals surface area contributed by atoms with Crippen LogP contribution in [-0.4, -0.2) is 44.7 Å². The zero-order chi connectivity index (χ0) is 19.3. The molecule has 142 valence electrons. The number of aromatic nitrogens is 3. The molecule has 1 aromatic carbocycles. The molecule has 0 unspecified atom stereocenters. The number of rotatable bonds is 5. The number of carbonyl (C=O) groups excluding carboxylic acids is 1. The first kappa shape index (κ1) is 18.1. The summed E-state index contributed by atoms with van der Waals surface area (Å²) in [6, 6.07) is 14.1. The largest absolute Gasteiger partial charge is 0.338 e. The first-order chi connectivity index (χ1) is 13.7. The van der Waals surface area contributed by atoms with Crippen LogP contribution in [0.3, 0.4) is 0 Å². The van der Waals surface area contributed by atoms with Gasteiger partial charge >= 0.3 is 0 Å². The van der Waals surface area contributed by atoms with Gasteiger partial charge in [0.15, 0.2) is 0 Å². The van der Waals surface area contributed by atoms with Gasteiger partial charge in [-0.3, -0.25) is 14.5 Å². The Morgan fingerprint density at radius 1 is 1.21 bits per heavy atom. The van der Waals surface area contributed by atoms with Crippen molar-refractivity contribution < 1.29 is 4.79 Å². The van der Waals surface area contributed by atoms with Crippen molar-refractivity contribution >= 4 is 12.0 Å². The van der Waals surface area contributed by atoms with Gasteiger partial charge in [-0.2, -0.15) is 5.10 Å². The molecule has 28 heavy (non-hydrogen) atoms. The summed E-state index contributed by atoms with van der Waals surface area (Å²) >= 11 is 0. The summed E-state index contributed by atoms with van der Waals surface area (Å²) in [5.41, 5.74) is 9.70. The van der Waals surface area contributed by atoms with E-state index in [-0.39, 0.29) is 11.9 Å². The zero-order valence-electron chi connectivity index (χ0n) is 15.6. The minimum atomic E-state index is -0.0131. The molecule has 1 aliphatic heterocycles. The predicted molar refractivity (Wildman–Crippen MR) is 109 cm³/mol. The van der Waals surface area contributed by atoms with Gasteiger partial charge in [0.05, 0.1) is 6.54 Å². The van der Waals surface area contributed by atoms with E-state index < -0.39 is 0 Å². The van der Waals surface area contributed by atoms with Gasteiger partial charge < -0.3 is 10.6 Å². The van der Waals surface area contributed by atoms with E-state index >= 15 is 0 Å². The minimum absolute atomic E-state index is 0.0131. The maximum atomic E-state index is 12.5. The van der Waals surface area contributed by atoms with Gasteiger partial charge in [-0.05, 0) is 30.2 Å². The second-order valence-corrected chi connectivity index (χ2v) is 7.02. The highest BCUT2D eigenvalue weighted by Crippen LogP contribution is 2.23. The summed E-state index contributed by atoms with van der Waals surface area (Å²) in [6.45, 7) is 2.00. The number of carbonyl (C=O) groups is 1. The molecular weight excluding hydrogens is 350 g/mol. The molecular formula is C22H23N5O. The Morgan fingerprint density at radius 3 is 2.79 bits per heavy atom. The SMILES string of the molecule is N[C@H]1CCN(C(=O)/C=C/c2cn(Cc3ccccc3)nc2-c2cccnc2)C1. The molecule has 2 aromatic heterocycles. The van der Waals surface area contributed by atoms with Gasteiger partial charge in [-0.15, -0.1) is 0 Å². The molecule has 1 aliphatic rings. The van der Waals surface area contributed by atoms with Crippen molar-refractivity contribution in [2.45, 2.75) is 19.0 Å². The Kier molecular flexibility index (Phi) is 5.30. The number of nitrogens with two attached hydrogens (primary N) is 1. The fraction of sp³-hybridized carbons (Fsp3) is 0.227. The molecule has 3 aromatic rings. The third kappa shape index (κ3) is 4.18. The van der Waals surface area contributed by atoms with Crippen molar-refractivity contribution in [3.05, 3.63) is 78.3 Å². The second-order valence-electron chi connectivity index (χ2n) is 7.02. The lowest BCUT2D eigenvalue weighted by Crippen LogP contribution is -2.30. The van der Waals surface area contributed by atoms with Gasteiger partial charge in [0, 0.05) is 54.9 Å². The van der Waals surface area contributed by atoms with E-state index in [0.717, 1.165) is 23.2 Å². The topological polar surface area (TPSA) is 77.0 Å². The van der Waals surface area contributed by atoms with Gasteiger partial charge in [-0.1, -0.05) is 30.3 Å². The third-order valence-electron chi connectivity index (χ3n) is 4.85. The van der Waals surface area contributed by atoms with Crippen molar-refractivity contribution in [1.82, 2.24) is 19.7 Å². The van der Waals surface area contributed by atoms with Crippen molar-refractivity contribution in [3.8, 4) is 11.3 Å². The van der Waals surface area contributed by atoms with Crippen molar-refractivity contribution in [3.63, 3.8) is 0 Å². The van der Waals surface area contributed by atoms with Gasteiger partial charge in [0.2, 0.25) is 5.91 Å². The van der Waals surface area contributed by atoms with Crippen LogP contribution >= 0.6 is 0 Å². The van der Waals surface area contributed by atoms with Crippen molar-refractivity contribution in [1.29, 1.82) is 0 Å². The highest BCUT2D eigenvalue weighted by Gasteiger charge is 2.22. The van der Waals surface area contributed by atoms with Crippen LogP contribution in [0.4, 0.5) is 0 Å². The highest BCUT2D eigenvalue weighted by atomic mass is 16.2. The number of nitrogens with zero attached hydrogens (tertiary/aromatic N) is 4. The van der Waals surface area contributed by atoms with Crippen LogP contribution < -0.4 is 5.73 Å². The van der Waals surface area contributed by atoms with Crippen LogP contribution in [0.1, 0.15) is 17.5 Å².